The summed E-state index contributed by atoms with van der Waals surface area (Å²) in [4.78, 5) is 32.1. The molecule has 1 amide bonds. The van der Waals surface area contributed by atoms with E-state index in [1.54, 1.807) is 48.7 Å². The number of aromatic nitrogens is 1. The zero-order valence-electron chi connectivity index (χ0n) is 18.0. The molecule has 3 aromatic rings. The fourth-order valence-electron chi connectivity index (χ4n) is 3.83. The quantitative estimate of drug-likeness (QED) is 0.320. The van der Waals surface area contributed by atoms with Gasteiger partial charge < -0.3 is 5.11 Å². The van der Waals surface area contributed by atoms with E-state index < -0.39 is 17.7 Å². The van der Waals surface area contributed by atoms with E-state index in [2.05, 4.69) is 25.8 Å². The van der Waals surface area contributed by atoms with E-state index in [1.165, 1.54) is 4.90 Å². The second-order valence-corrected chi connectivity index (χ2v) is 9.17. The van der Waals surface area contributed by atoms with E-state index in [0.29, 0.717) is 22.0 Å². The van der Waals surface area contributed by atoms with Gasteiger partial charge in [0.15, 0.2) is 0 Å². The Morgan fingerprint density at radius 3 is 2.31 bits per heavy atom. The number of carbonyl (C=O) groups is 2. The van der Waals surface area contributed by atoms with Crippen molar-refractivity contribution in [3.05, 3.63) is 100 Å². The molecule has 1 aliphatic rings. The van der Waals surface area contributed by atoms with Crippen molar-refractivity contribution in [1.29, 1.82) is 0 Å². The molecule has 162 valence electrons. The van der Waals surface area contributed by atoms with E-state index in [-0.39, 0.29) is 16.7 Å². The lowest BCUT2D eigenvalue weighted by Gasteiger charge is -2.26. The first-order chi connectivity index (χ1) is 15.2. The number of hydrogen-bond donors (Lipinski definition) is 1. The van der Waals surface area contributed by atoms with Gasteiger partial charge in [0, 0.05) is 22.5 Å². The highest BCUT2D eigenvalue weighted by Crippen LogP contribution is 2.42. The summed E-state index contributed by atoms with van der Waals surface area (Å²) in [5.41, 5.74) is 2.43. The summed E-state index contributed by atoms with van der Waals surface area (Å²) in [6, 6.07) is 18.5. The fourth-order valence-corrected chi connectivity index (χ4v) is 4.02. The van der Waals surface area contributed by atoms with Gasteiger partial charge in [0.05, 0.1) is 11.3 Å². The molecule has 0 aliphatic carbocycles. The van der Waals surface area contributed by atoms with Crippen LogP contribution in [0.25, 0.3) is 5.76 Å². The molecule has 32 heavy (non-hydrogen) atoms. The molecule has 0 radical (unpaired) electrons. The van der Waals surface area contributed by atoms with Crippen LogP contribution in [-0.4, -0.2) is 21.8 Å². The number of hydrogen-bond acceptors (Lipinski definition) is 4. The number of ketones is 1. The molecule has 1 aliphatic heterocycles. The second-order valence-electron chi connectivity index (χ2n) is 8.73. The van der Waals surface area contributed by atoms with Crippen molar-refractivity contribution in [2.75, 3.05) is 4.90 Å². The minimum absolute atomic E-state index is 0.0177. The maximum atomic E-state index is 13.2. The molecule has 1 atom stereocenters. The molecule has 1 N–H and O–H groups in total. The number of benzene rings is 2. The predicted molar refractivity (Wildman–Crippen MR) is 126 cm³/mol. The largest absolute Gasteiger partial charge is 0.507 e. The van der Waals surface area contributed by atoms with Gasteiger partial charge >= 0.3 is 0 Å². The first-order valence-corrected chi connectivity index (χ1v) is 10.6. The van der Waals surface area contributed by atoms with Gasteiger partial charge in [-0.15, -0.1) is 0 Å². The van der Waals surface area contributed by atoms with Gasteiger partial charge in [0.2, 0.25) is 0 Å². The molecule has 1 aromatic heterocycles. The minimum Gasteiger partial charge on any atom is -0.507 e. The highest BCUT2D eigenvalue weighted by molar-refractivity contribution is 6.51. The van der Waals surface area contributed by atoms with E-state index in [0.717, 1.165) is 5.56 Å². The van der Waals surface area contributed by atoms with Crippen LogP contribution in [0.1, 0.15) is 43.6 Å². The number of halogens is 1. The van der Waals surface area contributed by atoms with Crippen LogP contribution in [0.3, 0.4) is 0 Å². The number of anilines is 1. The summed E-state index contributed by atoms with van der Waals surface area (Å²) >= 11 is 6.08. The summed E-state index contributed by atoms with van der Waals surface area (Å²) < 4.78 is 0. The Labute approximate surface area is 192 Å². The van der Waals surface area contributed by atoms with Crippen LogP contribution < -0.4 is 4.90 Å². The van der Waals surface area contributed by atoms with Crippen molar-refractivity contribution in [2.45, 2.75) is 32.2 Å². The number of amides is 1. The van der Waals surface area contributed by atoms with Gasteiger partial charge in [-0.05, 0) is 47.4 Å². The maximum Gasteiger partial charge on any atom is 0.300 e. The Morgan fingerprint density at radius 2 is 1.72 bits per heavy atom. The third kappa shape index (κ3) is 3.92. The molecule has 5 nitrogen and oxygen atoms in total. The zero-order chi connectivity index (χ0) is 23.0. The lowest BCUT2D eigenvalue weighted by Crippen LogP contribution is -2.30. The highest BCUT2D eigenvalue weighted by atomic mass is 35.5. The molecule has 2 aromatic carbocycles. The van der Waals surface area contributed by atoms with Crippen molar-refractivity contribution in [2.24, 2.45) is 0 Å². The zero-order valence-corrected chi connectivity index (χ0v) is 18.8. The smallest absolute Gasteiger partial charge is 0.300 e. The van der Waals surface area contributed by atoms with Crippen molar-refractivity contribution >= 4 is 34.7 Å². The lowest BCUT2D eigenvalue weighted by molar-refractivity contribution is -0.132. The maximum absolute atomic E-state index is 13.2. The number of rotatable bonds is 3. The summed E-state index contributed by atoms with van der Waals surface area (Å²) in [6.45, 7) is 6.31. The van der Waals surface area contributed by atoms with Crippen molar-refractivity contribution in [3.8, 4) is 0 Å². The summed E-state index contributed by atoms with van der Waals surface area (Å²) in [6.07, 6.45) is 1.59. The van der Waals surface area contributed by atoms with Crippen LogP contribution in [0.4, 0.5) is 5.69 Å². The molecule has 6 heteroatoms. The van der Waals surface area contributed by atoms with Crippen LogP contribution in [0.2, 0.25) is 5.02 Å². The first kappa shape index (κ1) is 21.8. The standard InChI is InChI=1S/C26H23ClN2O3/c1-26(2,3)17-10-12-19(13-11-17)29-22(20-9-4-5-14-28-20)21(24(31)25(29)32)23(30)16-7-6-8-18(27)15-16/h4-15,22,30H,1-3H3/b23-21+. The molecule has 1 unspecified atom stereocenters. The molecule has 1 saturated heterocycles. The van der Waals surface area contributed by atoms with Crippen molar-refractivity contribution in [3.63, 3.8) is 0 Å². The van der Waals surface area contributed by atoms with Gasteiger partial charge in [-0.2, -0.15) is 0 Å². The molecule has 4 rings (SSSR count). The molecule has 0 bridgehead atoms. The second kappa shape index (κ2) is 8.24. The topological polar surface area (TPSA) is 70.5 Å². The Morgan fingerprint density at radius 1 is 1.00 bits per heavy atom. The molecule has 0 saturated carbocycles. The van der Waals surface area contributed by atoms with Gasteiger partial charge in [0.1, 0.15) is 11.8 Å². The van der Waals surface area contributed by atoms with E-state index in [1.807, 2.05) is 24.3 Å². The van der Waals surface area contributed by atoms with Crippen LogP contribution in [0, 0.1) is 0 Å². The number of aliphatic hydroxyl groups is 1. The van der Waals surface area contributed by atoms with Crippen LogP contribution in [0.5, 0.6) is 0 Å². The molecular formula is C26H23ClN2O3. The fraction of sp³-hybridized carbons (Fsp3) is 0.192. The van der Waals surface area contributed by atoms with Crippen LogP contribution in [-0.2, 0) is 15.0 Å². The van der Waals surface area contributed by atoms with E-state index >= 15 is 0 Å². The Balaban J connectivity index is 1.90. The van der Waals surface area contributed by atoms with E-state index in [9.17, 15) is 14.7 Å². The molecule has 1 fully saturated rings. The normalized spacial score (nSPS) is 18.2. The Bertz CT molecular complexity index is 1210. The monoisotopic (exact) mass is 446 g/mol. The molecule has 2 heterocycles. The Kier molecular flexibility index (Phi) is 5.61. The summed E-state index contributed by atoms with van der Waals surface area (Å²) in [5.74, 6) is -1.76. The highest BCUT2D eigenvalue weighted by Gasteiger charge is 2.47. The molecule has 0 spiro atoms. The predicted octanol–water partition coefficient (Wildman–Crippen LogP) is 5.66. The third-order valence-electron chi connectivity index (χ3n) is 5.52. The number of nitrogens with zero attached hydrogens (tertiary/aromatic N) is 2. The summed E-state index contributed by atoms with van der Waals surface area (Å²) in [5, 5.41) is 11.5. The SMILES string of the molecule is CC(C)(C)c1ccc(N2C(=O)C(=O)/C(=C(/O)c3cccc(Cl)c3)C2c2ccccn2)cc1. The Hall–Kier alpha value is -3.44. The average molecular weight is 447 g/mol. The van der Waals surface area contributed by atoms with Gasteiger partial charge in [-0.1, -0.05) is 62.7 Å². The number of Topliss-reactive ketones (excluding diaryl/α,β-unsaturated/α-hetero) is 1. The minimum atomic E-state index is -0.865. The first-order valence-electron chi connectivity index (χ1n) is 10.3. The van der Waals surface area contributed by atoms with Crippen molar-refractivity contribution < 1.29 is 14.7 Å². The third-order valence-corrected chi connectivity index (χ3v) is 5.76. The summed E-state index contributed by atoms with van der Waals surface area (Å²) in [7, 11) is 0. The van der Waals surface area contributed by atoms with Crippen LogP contribution >= 0.6 is 11.6 Å². The number of pyridine rings is 1. The van der Waals surface area contributed by atoms with Crippen molar-refractivity contribution in [1.82, 2.24) is 4.98 Å². The van der Waals surface area contributed by atoms with Gasteiger partial charge in [0.25, 0.3) is 11.7 Å². The molecular weight excluding hydrogens is 424 g/mol. The average Bonchev–Trinajstić information content (AvgIpc) is 3.04. The van der Waals surface area contributed by atoms with E-state index in [4.69, 9.17) is 11.6 Å². The van der Waals surface area contributed by atoms with Gasteiger partial charge in [-0.25, -0.2) is 0 Å². The van der Waals surface area contributed by atoms with Crippen LogP contribution in [0.15, 0.2) is 78.5 Å². The van der Waals surface area contributed by atoms with Gasteiger partial charge in [-0.3, -0.25) is 19.5 Å². The number of aliphatic hydroxyl groups excluding tert-OH is 1. The number of carbonyl (C=O) groups excluding carboxylic acids is 2. The lowest BCUT2D eigenvalue weighted by atomic mass is 9.87.